The highest BCUT2D eigenvalue weighted by Crippen LogP contribution is 2.11. The summed E-state index contributed by atoms with van der Waals surface area (Å²) in [7, 11) is 0. The molecule has 0 bridgehead atoms. The predicted molar refractivity (Wildman–Crippen MR) is 44.6 cm³/mol. The number of carboxylic acids is 1. The van der Waals surface area contributed by atoms with Crippen LogP contribution in [0.3, 0.4) is 0 Å². The van der Waals surface area contributed by atoms with E-state index in [4.69, 9.17) is 4.74 Å². The zero-order chi connectivity index (χ0) is 10.6. The van der Waals surface area contributed by atoms with E-state index in [1.165, 1.54) is 0 Å². The van der Waals surface area contributed by atoms with Crippen LogP contribution in [0, 0.1) is 0 Å². The maximum absolute atomic E-state index is 11.1. The molecule has 0 aliphatic carbocycles. The molecule has 0 atom stereocenters. The second-order valence-corrected chi connectivity index (χ2v) is 3.65. The van der Waals surface area contributed by atoms with E-state index in [0.29, 0.717) is 0 Å². The SMILES string of the molecule is C=C(CC(=O)[O-])C(=O)OC(C)(C)C. The number of aliphatic carboxylic acids is 1. The molecule has 0 aliphatic rings. The first-order valence-electron chi connectivity index (χ1n) is 3.83. The molecule has 74 valence electrons. The van der Waals surface area contributed by atoms with E-state index >= 15 is 0 Å². The van der Waals surface area contributed by atoms with Crippen molar-refractivity contribution in [3.63, 3.8) is 0 Å². The molecule has 0 amide bonds. The van der Waals surface area contributed by atoms with Gasteiger partial charge < -0.3 is 14.6 Å². The van der Waals surface area contributed by atoms with Gasteiger partial charge in [-0.15, -0.1) is 0 Å². The summed E-state index contributed by atoms with van der Waals surface area (Å²) < 4.78 is 4.87. The first-order chi connectivity index (χ1) is 5.72. The fourth-order valence-electron chi connectivity index (χ4n) is 0.597. The molecule has 0 radical (unpaired) electrons. The van der Waals surface area contributed by atoms with Crippen LogP contribution in [0.15, 0.2) is 12.2 Å². The van der Waals surface area contributed by atoms with Crippen molar-refractivity contribution in [2.45, 2.75) is 32.8 Å². The summed E-state index contributed by atoms with van der Waals surface area (Å²) in [5.41, 5.74) is -0.735. The Morgan fingerprint density at radius 1 is 1.38 bits per heavy atom. The second-order valence-electron chi connectivity index (χ2n) is 3.65. The smallest absolute Gasteiger partial charge is 0.334 e. The minimum atomic E-state index is -1.34. The van der Waals surface area contributed by atoms with E-state index in [9.17, 15) is 14.7 Å². The lowest BCUT2D eigenvalue weighted by Gasteiger charge is -2.20. The van der Waals surface area contributed by atoms with Crippen LogP contribution in [0.5, 0.6) is 0 Å². The van der Waals surface area contributed by atoms with Crippen molar-refractivity contribution in [1.29, 1.82) is 0 Å². The van der Waals surface area contributed by atoms with Crippen LogP contribution < -0.4 is 5.11 Å². The van der Waals surface area contributed by atoms with E-state index < -0.39 is 24.0 Å². The monoisotopic (exact) mass is 185 g/mol. The maximum atomic E-state index is 11.1. The topological polar surface area (TPSA) is 66.4 Å². The van der Waals surface area contributed by atoms with Gasteiger partial charge >= 0.3 is 5.97 Å². The van der Waals surface area contributed by atoms with Crippen LogP contribution in [0.2, 0.25) is 0 Å². The van der Waals surface area contributed by atoms with Crippen molar-refractivity contribution in [2.24, 2.45) is 0 Å². The first-order valence-corrected chi connectivity index (χ1v) is 3.83. The van der Waals surface area contributed by atoms with Crippen molar-refractivity contribution in [3.8, 4) is 0 Å². The summed E-state index contributed by atoms with van der Waals surface area (Å²) in [6.45, 7) is 8.36. The Hall–Kier alpha value is -1.32. The standard InChI is InChI=1S/C9H14O4/c1-6(5-7(10)11)8(12)13-9(2,3)4/h1,5H2,2-4H3,(H,10,11)/p-1. The largest absolute Gasteiger partial charge is 0.550 e. The third-order valence-electron chi connectivity index (χ3n) is 1.05. The summed E-state index contributed by atoms with van der Waals surface area (Å²) in [6, 6.07) is 0. The van der Waals surface area contributed by atoms with Crippen LogP contribution in [0.4, 0.5) is 0 Å². The Morgan fingerprint density at radius 3 is 2.15 bits per heavy atom. The van der Waals surface area contributed by atoms with E-state index in [1.807, 2.05) is 0 Å². The highest BCUT2D eigenvalue weighted by atomic mass is 16.6. The van der Waals surface area contributed by atoms with Crippen molar-refractivity contribution < 1.29 is 19.4 Å². The molecule has 0 fully saturated rings. The molecule has 13 heavy (non-hydrogen) atoms. The molecule has 0 rings (SSSR count). The second kappa shape index (κ2) is 4.07. The van der Waals surface area contributed by atoms with E-state index in [2.05, 4.69) is 6.58 Å². The summed E-state index contributed by atoms with van der Waals surface area (Å²) >= 11 is 0. The summed E-state index contributed by atoms with van der Waals surface area (Å²) in [4.78, 5) is 21.2. The zero-order valence-electron chi connectivity index (χ0n) is 8.05. The molecule has 0 aromatic carbocycles. The average molecular weight is 185 g/mol. The van der Waals surface area contributed by atoms with Crippen molar-refractivity contribution in [1.82, 2.24) is 0 Å². The van der Waals surface area contributed by atoms with Crippen molar-refractivity contribution >= 4 is 11.9 Å². The lowest BCUT2D eigenvalue weighted by Crippen LogP contribution is -2.28. The number of hydrogen-bond donors (Lipinski definition) is 0. The van der Waals surface area contributed by atoms with E-state index in [1.54, 1.807) is 20.8 Å². The number of carbonyl (C=O) groups is 2. The third kappa shape index (κ3) is 5.90. The van der Waals surface area contributed by atoms with Crippen LogP contribution in [0.25, 0.3) is 0 Å². The van der Waals surface area contributed by atoms with Gasteiger partial charge in [-0.1, -0.05) is 6.58 Å². The van der Waals surface area contributed by atoms with E-state index in [-0.39, 0.29) is 5.57 Å². The molecule has 0 spiro atoms. The van der Waals surface area contributed by atoms with Gasteiger partial charge in [0.25, 0.3) is 0 Å². The van der Waals surface area contributed by atoms with Crippen LogP contribution in [-0.2, 0) is 14.3 Å². The minimum absolute atomic E-state index is 0.102. The Labute approximate surface area is 77.2 Å². The summed E-state index contributed by atoms with van der Waals surface area (Å²) in [5, 5.41) is 10.1. The number of hydrogen-bond acceptors (Lipinski definition) is 4. The molecular weight excluding hydrogens is 172 g/mol. The molecule has 0 unspecified atom stereocenters. The minimum Gasteiger partial charge on any atom is -0.550 e. The molecule has 0 N–H and O–H groups in total. The Bertz CT molecular complexity index is 234. The predicted octanol–water partition coefficient (Wildman–Crippen LogP) is 0.0243. The number of carboxylic acid groups (broad SMARTS) is 1. The van der Waals surface area contributed by atoms with Gasteiger partial charge in [-0.3, -0.25) is 0 Å². The molecule has 4 heteroatoms. The average Bonchev–Trinajstić information content (AvgIpc) is 1.81. The van der Waals surface area contributed by atoms with E-state index in [0.717, 1.165) is 0 Å². The first kappa shape index (κ1) is 11.7. The number of carbonyl (C=O) groups excluding carboxylic acids is 2. The van der Waals surface area contributed by atoms with Crippen LogP contribution >= 0.6 is 0 Å². The molecule has 0 aromatic rings. The molecule has 0 saturated heterocycles. The zero-order valence-corrected chi connectivity index (χ0v) is 8.05. The molecule has 0 saturated carbocycles. The van der Waals surface area contributed by atoms with Gasteiger partial charge in [0.05, 0.1) is 0 Å². The number of ether oxygens (including phenoxy) is 1. The van der Waals surface area contributed by atoms with Gasteiger partial charge in [0, 0.05) is 18.0 Å². The van der Waals surface area contributed by atoms with Gasteiger partial charge in [0.2, 0.25) is 0 Å². The Kier molecular flexibility index (Phi) is 3.66. The lowest BCUT2D eigenvalue weighted by atomic mass is 10.1. The fourth-order valence-corrected chi connectivity index (χ4v) is 0.597. The van der Waals surface area contributed by atoms with Gasteiger partial charge in [-0.2, -0.15) is 0 Å². The summed E-state index contributed by atoms with van der Waals surface area (Å²) in [5.74, 6) is -2.03. The molecule has 4 nitrogen and oxygen atoms in total. The Morgan fingerprint density at radius 2 is 1.85 bits per heavy atom. The summed E-state index contributed by atoms with van der Waals surface area (Å²) in [6.07, 6.45) is -0.491. The van der Waals surface area contributed by atoms with Crippen molar-refractivity contribution in [3.05, 3.63) is 12.2 Å². The maximum Gasteiger partial charge on any atom is 0.334 e. The highest BCUT2D eigenvalue weighted by Gasteiger charge is 2.18. The lowest BCUT2D eigenvalue weighted by molar-refractivity contribution is -0.304. The number of esters is 1. The van der Waals surface area contributed by atoms with Crippen LogP contribution in [-0.4, -0.2) is 17.5 Å². The van der Waals surface area contributed by atoms with Crippen LogP contribution in [0.1, 0.15) is 27.2 Å². The third-order valence-corrected chi connectivity index (χ3v) is 1.05. The van der Waals surface area contributed by atoms with Gasteiger partial charge in [0.15, 0.2) is 0 Å². The van der Waals surface area contributed by atoms with Gasteiger partial charge in [-0.25, -0.2) is 4.79 Å². The van der Waals surface area contributed by atoms with Gasteiger partial charge in [0.1, 0.15) is 5.60 Å². The number of rotatable bonds is 3. The highest BCUT2D eigenvalue weighted by molar-refractivity contribution is 5.92. The molecule has 0 heterocycles. The quantitative estimate of drug-likeness (QED) is 0.459. The molecule has 0 aliphatic heterocycles. The van der Waals surface area contributed by atoms with Crippen molar-refractivity contribution in [2.75, 3.05) is 0 Å². The fraction of sp³-hybridized carbons (Fsp3) is 0.556. The van der Waals surface area contributed by atoms with Gasteiger partial charge in [-0.05, 0) is 20.8 Å². The Balaban J connectivity index is 4.13. The normalized spacial score (nSPS) is 10.7. The molecule has 0 aromatic heterocycles. The molecular formula is C9H13O4-.